The molecule has 0 fully saturated rings. The van der Waals surface area contributed by atoms with Gasteiger partial charge in [0, 0.05) is 6.04 Å². The van der Waals surface area contributed by atoms with Crippen LogP contribution in [0.5, 0.6) is 0 Å². The molecule has 0 N–H and O–H groups in total. The van der Waals surface area contributed by atoms with Gasteiger partial charge in [-0.1, -0.05) is 20.3 Å². The second-order valence-electron chi connectivity index (χ2n) is 2.31. The Morgan fingerprint density at radius 1 is 1.50 bits per heavy atom. The number of hydrogen-bond acceptors (Lipinski definition) is 1. The van der Waals surface area contributed by atoms with Gasteiger partial charge < -0.3 is 0 Å². The van der Waals surface area contributed by atoms with E-state index in [9.17, 15) is 0 Å². The van der Waals surface area contributed by atoms with E-state index in [0.717, 1.165) is 0 Å². The molecule has 0 aromatic carbocycles. The molecule has 0 amide bonds. The van der Waals surface area contributed by atoms with E-state index in [0.29, 0.717) is 12.0 Å². The summed E-state index contributed by atoms with van der Waals surface area (Å²) in [5, 5.41) is 0. The molecule has 1 heteroatoms. The second-order valence-corrected chi connectivity index (χ2v) is 2.31. The first-order valence-corrected chi connectivity index (χ1v) is 3.18. The van der Waals surface area contributed by atoms with Crippen molar-refractivity contribution >= 4 is 6.72 Å². The van der Waals surface area contributed by atoms with Crippen molar-refractivity contribution in [2.24, 2.45) is 10.9 Å². The first kappa shape index (κ1) is 7.67. The zero-order chi connectivity index (χ0) is 6.57. The van der Waals surface area contributed by atoms with E-state index in [-0.39, 0.29) is 0 Å². The van der Waals surface area contributed by atoms with Crippen molar-refractivity contribution in [2.45, 2.75) is 33.2 Å². The van der Waals surface area contributed by atoms with E-state index in [4.69, 9.17) is 0 Å². The molecular formula is C7H15N. The van der Waals surface area contributed by atoms with Crippen molar-refractivity contribution in [1.29, 1.82) is 0 Å². The molecule has 8 heavy (non-hydrogen) atoms. The van der Waals surface area contributed by atoms with Gasteiger partial charge in [-0.2, -0.15) is 0 Å². The number of aliphatic imine (C=N–C) groups is 1. The smallest absolute Gasteiger partial charge is 0.0489 e. The summed E-state index contributed by atoms with van der Waals surface area (Å²) in [7, 11) is 0. The van der Waals surface area contributed by atoms with Crippen LogP contribution in [0.2, 0.25) is 0 Å². The molecule has 0 aliphatic heterocycles. The topological polar surface area (TPSA) is 12.4 Å². The molecule has 0 aromatic rings. The Balaban J connectivity index is 3.44. The zero-order valence-electron chi connectivity index (χ0n) is 6.02. The van der Waals surface area contributed by atoms with Crippen LogP contribution in [0.1, 0.15) is 27.2 Å². The van der Waals surface area contributed by atoms with Crippen molar-refractivity contribution in [3.05, 3.63) is 0 Å². The molecular weight excluding hydrogens is 98.1 g/mol. The minimum absolute atomic E-state index is 0.431. The summed E-state index contributed by atoms with van der Waals surface area (Å²) >= 11 is 0. The Morgan fingerprint density at radius 3 is 2.12 bits per heavy atom. The molecule has 0 rings (SSSR count). The maximum Gasteiger partial charge on any atom is 0.0489 e. The fourth-order valence-corrected chi connectivity index (χ4v) is 0.521. The van der Waals surface area contributed by atoms with Gasteiger partial charge >= 0.3 is 0 Å². The maximum absolute atomic E-state index is 3.91. The summed E-state index contributed by atoms with van der Waals surface area (Å²) in [4.78, 5) is 3.91. The molecule has 0 aromatic heterocycles. The van der Waals surface area contributed by atoms with Gasteiger partial charge in [0.1, 0.15) is 0 Å². The first-order valence-electron chi connectivity index (χ1n) is 3.18. The highest BCUT2D eigenvalue weighted by molar-refractivity contribution is 5.24. The van der Waals surface area contributed by atoms with Gasteiger partial charge in [0.2, 0.25) is 0 Å². The number of nitrogens with zero attached hydrogens (tertiary/aromatic N) is 1. The van der Waals surface area contributed by atoms with Crippen LogP contribution in [0.15, 0.2) is 4.99 Å². The lowest BCUT2D eigenvalue weighted by molar-refractivity contribution is 0.474. The van der Waals surface area contributed by atoms with E-state index >= 15 is 0 Å². The van der Waals surface area contributed by atoms with E-state index in [1.54, 1.807) is 0 Å². The Bertz CT molecular complexity index is 68.8. The van der Waals surface area contributed by atoms with Crippen LogP contribution in [0.4, 0.5) is 0 Å². The molecule has 0 saturated carbocycles. The molecule has 0 spiro atoms. The monoisotopic (exact) mass is 113 g/mol. The maximum atomic E-state index is 3.91. The zero-order valence-corrected chi connectivity index (χ0v) is 6.02. The highest BCUT2D eigenvalue weighted by Gasteiger charge is 2.04. The molecule has 0 aliphatic rings. The number of hydrogen-bond donors (Lipinski definition) is 0. The molecule has 0 radical (unpaired) electrons. The Kier molecular flexibility index (Phi) is 3.49. The van der Waals surface area contributed by atoms with Gasteiger partial charge in [-0.25, -0.2) is 0 Å². The van der Waals surface area contributed by atoms with Gasteiger partial charge in [0.15, 0.2) is 0 Å². The average Bonchev–Trinajstić information content (AvgIpc) is 1.84. The Morgan fingerprint density at radius 2 is 2.00 bits per heavy atom. The minimum atomic E-state index is 0.431. The lowest BCUT2D eigenvalue weighted by Crippen LogP contribution is -2.08. The molecule has 1 nitrogen and oxygen atoms in total. The van der Waals surface area contributed by atoms with Crippen LogP contribution in [0.3, 0.4) is 0 Å². The SMILES string of the molecule is C=NC(C)C(C)CC. The van der Waals surface area contributed by atoms with Crippen LogP contribution in [-0.4, -0.2) is 12.8 Å². The van der Waals surface area contributed by atoms with E-state index in [1.807, 2.05) is 0 Å². The van der Waals surface area contributed by atoms with Crippen molar-refractivity contribution < 1.29 is 0 Å². The Labute approximate surface area is 51.8 Å². The van der Waals surface area contributed by atoms with Crippen molar-refractivity contribution in [3.8, 4) is 0 Å². The van der Waals surface area contributed by atoms with E-state index < -0.39 is 0 Å². The quantitative estimate of drug-likeness (QED) is 0.497. The van der Waals surface area contributed by atoms with Gasteiger partial charge in [-0.15, -0.1) is 0 Å². The van der Waals surface area contributed by atoms with Gasteiger partial charge in [0.25, 0.3) is 0 Å². The lowest BCUT2D eigenvalue weighted by Gasteiger charge is -2.11. The van der Waals surface area contributed by atoms with E-state index in [2.05, 4.69) is 32.5 Å². The summed E-state index contributed by atoms with van der Waals surface area (Å²) in [6, 6.07) is 0.431. The third-order valence-electron chi connectivity index (χ3n) is 1.76. The predicted octanol–water partition coefficient (Wildman–Crippen LogP) is 2.12. The summed E-state index contributed by atoms with van der Waals surface area (Å²) < 4.78 is 0. The minimum Gasteiger partial charge on any atom is -0.298 e. The normalized spacial score (nSPS) is 17.4. The van der Waals surface area contributed by atoms with Crippen molar-refractivity contribution in [2.75, 3.05) is 0 Å². The lowest BCUT2D eigenvalue weighted by atomic mass is 10.0. The van der Waals surface area contributed by atoms with Crippen LogP contribution in [0, 0.1) is 5.92 Å². The van der Waals surface area contributed by atoms with Gasteiger partial charge in [-0.3, -0.25) is 4.99 Å². The molecule has 2 unspecified atom stereocenters. The molecule has 0 bridgehead atoms. The fraction of sp³-hybridized carbons (Fsp3) is 0.857. The molecule has 0 saturated heterocycles. The third kappa shape index (κ3) is 2.10. The average molecular weight is 113 g/mol. The van der Waals surface area contributed by atoms with Crippen molar-refractivity contribution in [1.82, 2.24) is 0 Å². The van der Waals surface area contributed by atoms with Crippen LogP contribution < -0.4 is 0 Å². The van der Waals surface area contributed by atoms with Gasteiger partial charge in [-0.05, 0) is 19.6 Å². The Hall–Kier alpha value is -0.330. The van der Waals surface area contributed by atoms with Gasteiger partial charge in [0.05, 0.1) is 0 Å². The standard InChI is InChI=1S/C7H15N/c1-5-6(2)7(3)8-4/h6-7H,4-5H2,1-3H3. The highest BCUT2D eigenvalue weighted by Crippen LogP contribution is 2.08. The number of rotatable bonds is 3. The van der Waals surface area contributed by atoms with E-state index in [1.165, 1.54) is 6.42 Å². The van der Waals surface area contributed by atoms with Crippen LogP contribution >= 0.6 is 0 Å². The van der Waals surface area contributed by atoms with Crippen LogP contribution in [0.25, 0.3) is 0 Å². The molecule has 48 valence electrons. The summed E-state index contributed by atoms with van der Waals surface area (Å²) in [5.74, 6) is 0.687. The largest absolute Gasteiger partial charge is 0.298 e. The first-order chi connectivity index (χ1) is 3.72. The highest BCUT2D eigenvalue weighted by atomic mass is 14.7. The van der Waals surface area contributed by atoms with Crippen molar-refractivity contribution in [3.63, 3.8) is 0 Å². The predicted molar refractivity (Wildman–Crippen MR) is 38.5 cm³/mol. The second kappa shape index (κ2) is 3.65. The molecule has 0 heterocycles. The molecule has 2 atom stereocenters. The summed E-state index contributed by atoms with van der Waals surface area (Å²) in [6.07, 6.45) is 1.19. The third-order valence-corrected chi connectivity index (χ3v) is 1.76. The summed E-state index contributed by atoms with van der Waals surface area (Å²) in [6.45, 7) is 9.94. The summed E-state index contributed by atoms with van der Waals surface area (Å²) in [5.41, 5.74) is 0. The van der Waals surface area contributed by atoms with Crippen LogP contribution in [-0.2, 0) is 0 Å². The fourth-order valence-electron chi connectivity index (χ4n) is 0.521. The molecule has 0 aliphatic carbocycles.